The molecule has 1 aliphatic carbocycles. The Morgan fingerprint density at radius 3 is 2.61 bits per heavy atom. The molecule has 2 aliphatic rings. The number of hydrogen-bond donors (Lipinski definition) is 1. The minimum absolute atomic E-state index is 0.579. The van der Waals surface area contributed by atoms with Crippen LogP contribution in [0.1, 0.15) is 31.2 Å². The summed E-state index contributed by atoms with van der Waals surface area (Å²) in [5.74, 6) is 0.964. The van der Waals surface area contributed by atoms with Gasteiger partial charge in [0.2, 0.25) is 0 Å². The van der Waals surface area contributed by atoms with E-state index in [0.717, 1.165) is 5.75 Å². The van der Waals surface area contributed by atoms with Crippen molar-refractivity contribution in [2.24, 2.45) is 11.1 Å². The molecule has 1 saturated heterocycles. The number of anilines is 1. The molecule has 1 spiro atoms. The maximum absolute atomic E-state index is 5.85. The molecular formula is C15H22N2O. The van der Waals surface area contributed by atoms with Crippen LogP contribution in [-0.4, -0.2) is 20.2 Å². The number of nitrogens with two attached hydrogens (primary N) is 1. The number of ether oxygens (including phenoxy) is 1. The van der Waals surface area contributed by atoms with Crippen LogP contribution in [-0.2, 0) is 6.54 Å². The Morgan fingerprint density at radius 1 is 1.28 bits per heavy atom. The molecule has 0 amide bonds. The van der Waals surface area contributed by atoms with Crippen LogP contribution in [0.15, 0.2) is 18.2 Å². The van der Waals surface area contributed by atoms with Gasteiger partial charge in [0, 0.05) is 25.0 Å². The molecule has 0 atom stereocenters. The smallest absolute Gasteiger partial charge is 0.142 e. The van der Waals surface area contributed by atoms with Crippen LogP contribution in [0.2, 0.25) is 0 Å². The molecule has 2 N–H and O–H groups in total. The van der Waals surface area contributed by atoms with Crippen molar-refractivity contribution in [1.82, 2.24) is 0 Å². The van der Waals surface area contributed by atoms with Crippen LogP contribution in [0.25, 0.3) is 0 Å². The summed E-state index contributed by atoms with van der Waals surface area (Å²) in [6, 6.07) is 6.17. The highest BCUT2D eigenvalue weighted by molar-refractivity contribution is 5.66. The Balaban J connectivity index is 1.84. The molecule has 1 aromatic carbocycles. The molecule has 3 nitrogen and oxygen atoms in total. The zero-order valence-electron chi connectivity index (χ0n) is 11.1. The molecule has 3 rings (SSSR count). The van der Waals surface area contributed by atoms with E-state index in [0.29, 0.717) is 12.0 Å². The summed E-state index contributed by atoms with van der Waals surface area (Å²) in [4.78, 5) is 2.45. The van der Waals surface area contributed by atoms with Crippen molar-refractivity contribution < 1.29 is 4.74 Å². The molecule has 1 aliphatic heterocycles. The summed E-state index contributed by atoms with van der Waals surface area (Å²) in [6.07, 6.45) is 5.61. The lowest BCUT2D eigenvalue weighted by molar-refractivity contribution is 0.220. The van der Waals surface area contributed by atoms with E-state index in [4.69, 9.17) is 10.5 Å². The average Bonchev–Trinajstić information content (AvgIpc) is 2.85. The van der Waals surface area contributed by atoms with Crippen LogP contribution in [0, 0.1) is 5.41 Å². The van der Waals surface area contributed by atoms with Crippen molar-refractivity contribution in [3.63, 3.8) is 0 Å². The Labute approximate surface area is 109 Å². The fourth-order valence-corrected chi connectivity index (χ4v) is 3.62. The SMILES string of the molecule is COc1cccc(CN)c1N1CC2(CCCC2)C1. The molecule has 1 heterocycles. The molecule has 0 unspecified atom stereocenters. The van der Waals surface area contributed by atoms with Gasteiger partial charge >= 0.3 is 0 Å². The maximum atomic E-state index is 5.85. The van der Waals surface area contributed by atoms with E-state index in [-0.39, 0.29) is 0 Å². The monoisotopic (exact) mass is 246 g/mol. The van der Waals surface area contributed by atoms with Crippen LogP contribution in [0.5, 0.6) is 5.75 Å². The predicted molar refractivity (Wildman–Crippen MR) is 74.0 cm³/mol. The first-order chi connectivity index (χ1) is 8.78. The van der Waals surface area contributed by atoms with E-state index in [1.807, 2.05) is 12.1 Å². The maximum Gasteiger partial charge on any atom is 0.142 e. The van der Waals surface area contributed by atoms with Crippen LogP contribution in [0.4, 0.5) is 5.69 Å². The van der Waals surface area contributed by atoms with Crippen LogP contribution in [0.3, 0.4) is 0 Å². The highest BCUT2D eigenvalue weighted by Crippen LogP contribution is 2.49. The van der Waals surface area contributed by atoms with E-state index in [1.54, 1.807) is 7.11 Å². The molecular weight excluding hydrogens is 224 g/mol. The standard InChI is InChI=1S/C15H22N2O/c1-18-13-6-4-5-12(9-16)14(13)17-10-15(11-17)7-2-3-8-15/h4-6H,2-3,7-11,16H2,1H3. The molecule has 1 saturated carbocycles. The van der Waals surface area contributed by atoms with Gasteiger partial charge in [-0.15, -0.1) is 0 Å². The average molecular weight is 246 g/mol. The third-order valence-electron chi connectivity index (χ3n) is 4.56. The van der Waals surface area contributed by atoms with E-state index in [9.17, 15) is 0 Å². The Kier molecular flexibility index (Phi) is 2.94. The lowest BCUT2D eigenvalue weighted by Gasteiger charge is -2.50. The van der Waals surface area contributed by atoms with Gasteiger partial charge in [0.1, 0.15) is 5.75 Å². The Bertz CT molecular complexity index is 408. The van der Waals surface area contributed by atoms with Crippen molar-refractivity contribution in [2.45, 2.75) is 32.2 Å². The number of benzene rings is 1. The number of nitrogens with zero attached hydrogens (tertiary/aromatic N) is 1. The lowest BCUT2D eigenvalue weighted by atomic mass is 9.77. The minimum atomic E-state index is 0.579. The van der Waals surface area contributed by atoms with Gasteiger partial charge in [-0.2, -0.15) is 0 Å². The van der Waals surface area contributed by atoms with Gasteiger partial charge in [-0.05, 0) is 24.5 Å². The van der Waals surface area contributed by atoms with Crippen molar-refractivity contribution in [2.75, 3.05) is 25.1 Å². The first kappa shape index (κ1) is 11.8. The quantitative estimate of drug-likeness (QED) is 0.890. The van der Waals surface area contributed by atoms with Crippen molar-refractivity contribution in [3.05, 3.63) is 23.8 Å². The summed E-state index contributed by atoms with van der Waals surface area (Å²) in [5, 5.41) is 0. The summed E-state index contributed by atoms with van der Waals surface area (Å²) < 4.78 is 5.50. The van der Waals surface area contributed by atoms with Crippen molar-refractivity contribution in [3.8, 4) is 5.75 Å². The zero-order valence-corrected chi connectivity index (χ0v) is 11.1. The van der Waals surface area contributed by atoms with Gasteiger partial charge in [0.25, 0.3) is 0 Å². The molecule has 0 bridgehead atoms. The predicted octanol–water partition coefficient (Wildman–Crippen LogP) is 2.53. The third-order valence-corrected chi connectivity index (χ3v) is 4.56. The first-order valence-corrected chi connectivity index (χ1v) is 6.89. The van der Waals surface area contributed by atoms with Crippen LogP contribution >= 0.6 is 0 Å². The molecule has 0 radical (unpaired) electrons. The first-order valence-electron chi connectivity index (χ1n) is 6.89. The number of hydrogen-bond acceptors (Lipinski definition) is 3. The second-order valence-electron chi connectivity index (χ2n) is 5.74. The van der Waals surface area contributed by atoms with Gasteiger partial charge in [-0.1, -0.05) is 25.0 Å². The summed E-state index contributed by atoms with van der Waals surface area (Å²) >= 11 is 0. The highest BCUT2D eigenvalue weighted by atomic mass is 16.5. The number of rotatable bonds is 3. The highest BCUT2D eigenvalue weighted by Gasteiger charge is 2.45. The van der Waals surface area contributed by atoms with Crippen LogP contribution < -0.4 is 15.4 Å². The fraction of sp³-hybridized carbons (Fsp3) is 0.600. The topological polar surface area (TPSA) is 38.5 Å². The van der Waals surface area contributed by atoms with Gasteiger partial charge < -0.3 is 15.4 Å². The number of para-hydroxylation sites is 1. The molecule has 1 aromatic rings. The van der Waals surface area contributed by atoms with E-state index in [2.05, 4.69) is 11.0 Å². The molecule has 2 fully saturated rings. The Morgan fingerprint density at radius 2 is 2.00 bits per heavy atom. The summed E-state index contributed by atoms with van der Waals surface area (Å²) in [5.41, 5.74) is 8.88. The summed E-state index contributed by atoms with van der Waals surface area (Å²) in [7, 11) is 1.74. The molecule has 18 heavy (non-hydrogen) atoms. The van der Waals surface area contributed by atoms with Gasteiger partial charge in [0.05, 0.1) is 12.8 Å². The van der Waals surface area contributed by atoms with Gasteiger partial charge in [-0.25, -0.2) is 0 Å². The number of methoxy groups -OCH3 is 1. The third kappa shape index (κ3) is 1.77. The van der Waals surface area contributed by atoms with Crippen molar-refractivity contribution in [1.29, 1.82) is 0 Å². The van der Waals surface area contributed by atoms with E-state index >= 15 is 0 Å². The second-order valence-corrected chi connectivity index (χ2v) is 5.74. The lowest BCUT2D eigenvalue weighted by Crippen LogP contribution is -2.55. The minimum Gasteiger partial charge on any atom is -0.495 e. The molecule has 3 heteroatoms. The molecule has 0 aromatic heterocycles. The molecule has 98 valence electrons. The zero-order chi connectivity index (χ0) is 12.6. The van der Waals surface area contributed by atoms with Gasteiger partial charge in [0.15, 0.2) is 0 Å². The normalized spacial score (nSPS) is 21.1. The van der Waals surface area contributed by atoms with Crippen molar-refractivity contribution >= 4 is 5.69 Å². The Hall–Kier alpha value is -1.22. The van der Waals surface area contributed by atoms with E-state index < -0.39 is 0 Å². The van der Waals surface area contributed by atoms with E-state index in [1.165, 1.54) is 50.0 Å². The fourth-order valence-electron chi connectivity index (χ4n) is 3.62. The van der Waals surface area contributed by atoms with Gasteiger partial charge in [-0.3, -0.25) is 0 Å². The second kappa shape index (κ2) is 4.47. The summed E-state index contributed by atoms with van der Waals surface area (Å²) in [6.45, 7) is 2.94. The largest absolute Gasteiger partial charge is 0.495 e.